The summed E-state index contributed by atoms with van der Waals surface area (Å²) < 4.78 is 0. The number of likely N-dealkylation sites (N-methyl/N-ethyl adjacent to an activating group) is 1. The van der Waals surface area contributed by atoms with Gasteiger partial charge in [-0.05, 0) is 35.9 Å². The Balaban J connectivity index is 2.39. The molecule has 0 bridgehead atoms. The molecular weight excluding hydrogens is 280 g/mol. The standard InChI is InChI=1S/C17H20N2O3/c1-3-4-5-12-6-7-13-8-9-18-16(14(13)10-12)17(22)19(2)11-15(20)21/h6-10H,3-5,11H2,1-2H3,(H,20,21). The van der Waals surface area contributed by atoms with E-state index in [0.29, 0.717) is 5.69 Å². The number of fused-ring (bicyclic) bond motifs is 1. The molecule has 22 heavy (non-hydrogen) atoms. The molecule has 1 heterocycles. The summed E-state index contributed by atoms with van der Waals surface area (Å²) in [5, 5.41) is 10.5. The van der Waals surface area contributed by atoms with Gasteiger partial charge in [-0.25, -0.2) is 0 Å². The second-order valence-electron chi connectivity index (χ2n) is 5.37. The smallest absolute Gasteiger partial charge is 0.323 e. The number of aryl methyl sites for hydroxylation is 1. The number of nitrogens with zero attached hydrogens (tertiary/aromatic N) is 2. The Morgan fingerprint density at radius 1 is 1.27 bits per heavy atom. The average molecular weight is 300 g/mol. The molecule has 0 atom stereocenters. The van der Waals surface area contributed by atoms with Crippen LogP contribution in [0.5, 0.6) is 0 Å². The Labute approximate surface area is 129 Å². The van der Waals surface area contributed by atoms with Crippen LogP contribution < -0.4 is 0 Å². The first-order valence-electron chi connectivity index (χ1n) is 7.37. The molecule has 0 spiro atoms. The fraction of sp³-hybridized carbons (Fsp3) is 0.353. The number of carboxylic acid groups (broad SMARTS) is 1. The minimum Gasteiger partial charge on any atom is -0.480 e. The SMILES string of the molecule is CCCCc1ccc2ccnc(C(=O)N(C)CC(=O)O)c2c1. The highest BCUT2D eigenvalue weighted by atomic mass is 16.4. The van der Waals surface area contributed by atoms with Gasteiger partial charge in [-0.1, -0.05) is 25.5 Å². The van der Waals surface area contributed by atoms with Crippen LogP contribution in [0.15, 0.2) is 30.5 Å². The largest absolute Gasteiger partial charge is 0.480 e. The molecule has 1 N–H and O–H groups in total. The van der Waals surface area contributed by atoms with Crippen molar-refractivity contribution in [3.63, 3.8) is 0 Å². The highest BCUT2D eigenvalue weighted by molar-refractivity contribution is 6.05. The van der Waals surface area contributed by atoms with E-state index < -0.39 is 5.97 Å². The van der Waals surface area contributed by atoms with Crippen LogP contribution in [-0.2, 0) is 11.2 Å². The minimum absolute atomic E-state index is 0.305. The quantitative estimate of drug-likeness (QED) is 0.890. The highest BCUT2D eigenvalue weighted by Crippen LogP contribution is 2.21. The molecule has 0 saturated heterocycles. The van der Waals surface area contributed by atoms with Crippen LogP contribution in [0.3, 0.4) is 0 Å². The fourth-order valence-corrected chi connectivity index (χ4v) is 2.38. The van der Waals surface area contributed by atoms with Gasteiger partial charge in [0.05, 0.1) is 0 Å². The Morgan fingerprint density at radius 3 is 2.73 bits per heavy atom. The lowest BCUT2D eigenvalue weighted by Crippen LogP contribution is -2.32. The Hall–Kier alpha value is -2.43. The molecule has 1 aromatic carbocycles. The molecule has 0 radical (unpaired) electrons. The predicted molar refractivity (Wildman–Crippen MR) is 85.0 cm³/mol. The Bertz CT molecular complexity index is 697. The van der Waals surface area contributed by atoms with Crippen molar-refractivity contribution in [1.29, 1.82) is 0 Å². The first kappa shape index (κ1) is 15.9. The summed E-state index contributed by atoms with van der Waals surface area (Å²) in [4.78, 5) is 28.5. The number of hydrogen-bond acceptors (Lipinski definition) is 3. The lowest BCUT2D eigenvalue weighted by molar-refractivity contribution is -0.137. The maximum Gasteiger partial charge on any atom is 0.323 e. The van der Waals surface area contributed by atoms with Crippen LogP contribution in [0, 0.1) is 0 Å². The van der Waals surface area contributed by atoms with E-state index in [1.807, 2.05) is 18.2 Å². The maximum absolute atomic E-state index is 12.4. The normalized spacial score (nSPS) is 10.6. The maximum atomic E-state index is 12.4. The number of aliphatic carboxylic acids is 1. The minimum atomic E-state index is -1.04. The van der Waals surface area contributed by atoms with E-state index in [2.05, 4.69) is 18.0 Å². The second-order valence-corrected chi connectivity index (χ2v) is 5.37. The van der Waals surface area contributed by atoms with Crippen LogP contribution in [-0.4, -0.2) is 40.5 Å². The number of carbonyl (C=O) groups is 2. The number of carboxylic acids is 1. The van der Waals surface area contributed by atoms with Crippen molar-refractivity contribution in [3.05, 3.63) is 41.7 Å². The molecule has 5 heteroatoms. The molecule has 0 fully saturated rings. The van der Waals surface area contributed by atoms with Crippen molar-refractivity contribution in [2.24, 2.45) is 0 Å². The van der Waals surface area contributed by atoms with E-state index in [9.17, 15) is 9.59 Å². The lowest BCUT2D eigenvalue weighted by atomic mass is 10.0. The van der Waals surface area contributed by atoms with E-state index in [0.717, 1.165) is 35.6 Å². The van der Waals surface area contributed by atoms with Crippen LogP contribution in [0.4, 0.5) is 0 Å². The molecule has 0 aliphatic rings. The molecule has 0 aliphatic carbocycles. The van der Waals surface area contributed by atoms with Crippen molar-refractivity contribution in [3.8, 4) is 0 Å². The van der Waals surface area contributed by atoms with E-state index in [4.69, 9.17) is 5.11 Å². The van der Waals surface area contributed by atoms with E-state index >= 15 is 0 Å². The zero-order valence-corrected chi connectivity index (χ0v) is 12.9. The molecule has 2 rings (SSSR count). The fourth-order valence-electron chi connectivity index (χ4n) is 2.38. The number of hydrogen-bond donors (Lipinski definition) is 1. The summed E-state index contributed by atoms with van der Waals surface area (Å²) in [6, 6.07) is 7.88. The zero-order chi connectivity index (χ0) is 16.1. The van der Waals surface area contributed by atoms with E-state index in [1.165, 1.54) is 11.9 Å². The third-order valence-corrected chi connectivity index (χ3v) is 3.57. The number of carbonyl (C=O) groups excluding carboxylic acids is 1. The van der Waals surface area contributed by atoms with Gasteiger partial charge >= 0.3 is 5.97 Å². The lowest BCUT2D eigenvalue weighted by Gasteiger charge is -2.15. The summed E-state index contributed by atoms with van der Waals surface area (Å²) in [5.41, 5.74) is 1.47. The van der Waals surface area contributed by atoms with Gasteiger partial charge in [-0.3, -0.25) is 14.6 Å². The van der Waals surface area contributed by atoms with Crippen LogP contribution in [0.2, 0.25) is 0 Å². The monoisotopic (exact) mass is 300 g/mol. The van der Waals surface area contributed by atoms with Crippen molar-refractivity contribution in [1.82, 2.24) is 9.88 Å². The summed E-state index contributed by atoms with van der Waals surface area (Å²) in [6.07, 6.45) is 4.74. The number of pyridine rings is 1. The zero-order valence-electron chi connectivity index (χ0n) is 12.9. The molecule has 0 unspecified atom stereocenters. The van der Waals surface area contributed by atoms with Crippen molar-refractivity contribution in [2.45, 2.75) is 26.2 Å². The molecule has 5 nitrogen and oxygen atoms in total. The Morgan fingerprint density at radius 2 is 2.05 bits per heavy atom. The van der Waals surface area contributed by atoms with E-state index in [1.54, 1.807) is 6.20 Å². The second kappa shape index (κ2) is 7.02. The molecule has 1 amide bonds. The van der Waals surface area contributed by atoms with Gasteiger partial charge in [0.15, 0.2) is 0 Å². The molecule has 2 aromatic rings. The molecule has 116 valence electrons. The topological polar surface area (TPSA) is 70.5 Å². The predicted octanol–water partition coefficient (Wildman–Crippen LogP) is 2.73. The van der Waals surface area contributed by atoms with Gasteiger partial charge in [0, 0.05) is 18.6 Å². The molecular formula is C17H20N2O3. The Kier molecular flexibility index (Phi) is 5.09. The van der Waals surface area contributed by atoms with Crippen molar-refractivity contribution in [2.75, 3.05) is 13.6 Å². The molecule has 1 aromatic heterocycles. The van der Waals surface area contributed by atoms with Crippen LogP contribution in [0.25, 0.3) is 10.8 Å². The first-order chi connectivity index (χ1) is 10.5. The van der Waals surface area contributed by atoms with Gasteiger partial charge in [-0.15, -0.1) is 0 Å². The summed E-state index contributed by atoms with van der Waals surface area (Å²) >= 11 is 0. The molecule has 0 saturated carbocycles. The third-order valence-electron chi connectivity index (χ3n) is 3.57. The highest BCUT2D eigenvalue weighted by Gasteiger charge is 2.18. The number of unbranched alkanes of at least 4 members (excludes halogenated alkanes) is 1. The summed E-state index contributed by atoms with van der Waals surface area (Å²) in [6.45, 7) is 1.80. The summed E-state index contributed by atoms with van der Waals surface area (Å²) in [5.74, 6) is -1.42. The molecule has 0 aliphatic heterocycles. The average Bonchev–Trinajstić information content (AvgIpc) is 2.50. The summed E-state index contributed by atoms with van der Waals surface area (Å²) in [7, 11) is 1.47. The van der Waals surface area contributed by atoms with Gasteiger partial charge in [0.25, 0.3) is 5.91 Å². The van der Waals surface area contributed by atoms with E-state index in [-0.39, 0.29) is 12.5 Å². The van der Waals surface area contributed by atoms with Gasteiger partial charge in [0.1, 0.15) is 12.2 Å². The van der Waals surface area contributed by atoms with Gasteiger partial charge < -0.3 is 10.0 Å². The first-order valence-corrected chi connectivity index (χ1v) is 7.37. The van der Waals surface area contributed by atoms with Crippen LogP contribution >= 0.6 is 0 Å². The van der Waals surface area contributed by atoms with Crippen LogP contribution in [0.1, 0.15) is 35.8 Å². The number of benzene rings is 1. The third kappa shape index (κ3) is 3.61. The van der Waals surface area contributed by atoms with Gasteiger partial charge in [0.2, 0.25) is 0 Å². The number of aromatic nitrogens is 1. The number of amides is 1. The van der Waals surface area contributed by atoms with Crippen molar-refractivity contribution < 1.29 is 14.7 Å². The van der Waals surface area contributed by atoms with Gasteiger partial charge in [-0.2, -0.15) is 0 Å². The number of rotatable bonds is 6. The van der Waals surface area contributed by atoms with Crippen molar-refractivity contribution >= 4 is 22.6 Å².